The minimum atomic E-state index is -0.680. The van der Waals surface area contributed by atoms with Gasteiger partial charge in [0.2, 0.25) is 0 Å². The van der Waals surface area contributed by atoms with Gasteiger partial charge in [-0.15, -0.1) is 0 Å². The summed E-state index contributed by atoms with van der Waals surface area (Å²) in [5.41, 5.74) is 6.88. The normalized spacial score (nSPS) is 15.3. The Kier molecular flexibility index (Phi) is 17.8. The lowest BCUT2D eigenvalue weighted by Crippen LogP contribution is -2.15. The van der Waals surface area contributed by atoms with Crippen LogP contribution in [0.25, 0.3) is 22.3 Å². The van der Waals surface area contributed by atoms with Crippen molar-refractivity contribution in [1.29, 1.82) is 0 Å². The summed E-state index contributed by atoms with van der Waals surface area (Å²) in [5.74, 6) is 1.45. The summed E-state index contributed by atoms with van der Waals surface area (Å²) in [6, 6.07) is 21.2. The van der Waals surface area contributed by atoms with Gasteiger partial charge in [0.1, 0.15) is 37.9 Å². The first-order chi connectivity index (χ1) is 26.2. The van der Waals surface area contributed by atoms with Crippen molar-refractivity contribution in [3.05, 3.63) is 96.1 Å². The number of aliphatic hydroxyl groups excluding tert-OH is 2. The number of esters is 2. The second-order valence-electron chi connectivity index (χ2n) is 14.4. The van der Waals surface area contributed by atoms with Crippen molar-refractivity contribution in [3.8, 4) is 33.8 Å². The molecule has 1 saturated carbocycles. The highest BCUT2D eigenvalue weighted by Crippen LogP contribution is 2.36. The van der Waals surface area contributed by atoms with E-state index in [4.69, 9.17) is 29.2 Å². The van der Waals surface area contributed by atoms with Crippen LogP contribution in [0.1, 0.15) is 89.2 Å². The first-order valence-corrected chi connectivity index (χ1v) is 19.8. The van der Waals surface area contributed by atoms with Crippen LogP contribution in [0, 0.1) is 11.8 Å². The molecule has 8 heteroatoms. The summed E-state index contributed by atoms with van der Waals surface area (Å²) < 4.78 is 22.2. The van der Waals surface area contributed by atoms with E-state index < -0.39 is 25.2 Å². The number of benzene rings is 3. The Morgan fingerprint density at radius 2 is 1.19 bits per heavy atom. The molecule has 8 nitrogen and oxygen atoms in total. The highest BCUT2D eigenvalue weighted by atomic mass is 16.6. The number of hydrogen-bond donors (Lipinski definition) is 2. The summed E-state index contributed by atoms with van der Waals surface area (Å²) in [5, 5.41) is 18.2. The largest absolute Gasteiger partial charge is 0.490 e. The lowest BCUT2D eigenvalue weighted by atomic mass is 9.78. The SMILES string of the molecule is C=C(CO)C(=O)OCCOc1cc(OCCOC(=O)C(=C)CO)cc(-c2ccc(-c3ccc(CCC4CCC(CCCCC)CC4)cc3)c(CCC)c2)c1. The predicted molar refractivity (Wildman–Crippen MR) is 215 cm³/mol. The number of hydrogen-bond acceptors (Lipinski definition) is 8. The second kappa shape index (κ2) is 22.7. The average molecular weight is 741 g/mol. The first-order valence-electron chi connectivity index (χ1n) is 19.8. The van der Waals surface area contributed by atoms with Crippen molar-refractivity contribution in [1.82, 2.24) is 0 Å². The smallest absolute Gasteiger partial charge is 0.335 e. The van der Waals surface area contributed by atoms with E-state index in [2.05, 4.69) is 69.5 Å². The third kappa shape index (κ3) is 13.5. The van der Waals surface area contributed by atoms with E-state index in [0.717, 1.165) is 42.2 Å². The highest BCUT2D eigenvalue weighted by Gasteiger charge is 2.21. The number of rotatable bonds is 23. The molecule has 4 rings (SSSR count). The van der Waals surface area contributed by atoms with Crippen molar-refractivity contribution >= 4 is 11.9 Å². The molecule has 0 unspecified atom stereocenters. The van der Waals surface area contributed by atoms with Crippen LogP contribution in [0.3, 0.4) is 0 Å². The number of aliphatic hydroxyl groups is 2. The van der Waals surface area contributed by atoms with Gasteiger partial charge in [-0.3, -0.25) is 0 Å². The van der Waals surface area contributed by atoms with Gasteiger partial charge in [-0.2, -0.15) is 0 Å². The van der Waals surface area contributed by atoms with Gasteiger partial charge in [-0.05, 0) is 76.6 Å². The zero-order valence-electron chi connectivity index (χ0n) is 32.4. The Morgan fingerprint density at radius 1 is 0.630 bits per heavy atom. The fraction of sp³-hybridized carbons (Fsp3) is 0.478. The Bertz CT molecular complexity index is 1600. The average Bonchev–Trinajstić information content (AvgIpc) is 3.20. The molecule has 0 aliphatic heterocycles. The lowest BCUT2D eigenvalue weighted by Gasteiger charge is -2.28. The van der Waals surface area contributed by atoms with Gasteiger partial charge in [0.25, 0.3) is 0 Å². The molecule has 292 valence electrons. The molecule has 3 aromatic carbocycles. The van der Waals surface area contributed by atoms with E-state index >= 15 is 0 Å². The van der Waals surface area contributed by atoms with Crippen LogP contribution in [-0.2, 0) is 31.9 Å². The topological polar surface area (TPSA) is 112 Å². The van der Waals surface area contributed by atoms with Crippen molar-refractivity contribution < 1.29 is 38.7 Å². The van der Waals surface area contributed by atoms with Gasteiger partial charge < -0.3 is 29.2 Å². The molecule has 0 saturated heterocycles. The van der Waals surface area contributed by atoms with Crippen LogP contribution in [0.15, 0.2) is 85.0 Å². The van der Waals surface area contributed by atoms with E-state index in [1.807, 2.05) is 12.1 Å². The molecule has 3 aromatic rings. The number of unbranched alkanes of at least 4 members (excludes halogenated alkanes) is 2. The third-order valence-corrected chi connectivity index (χ3v) is 10.3. The molecule has 0 aromatic heterocycles. The fourth-order valence-electron chi connectivity index (χ4n) is 7.07. The monoisotopic (exact) mass is 740 g/mol. The molecule has 0 spiro atoms. The van der Waals surface area contributed by atoms with Gasteiger partial charge in [-0.1, -0.05) is 127 Å². The van der Waals surface area contributed by atoms with Gasteiger partial charge in [0, 0.05) is 6.07 Å². The van der Waals surface area contributed by atoms with E-state index in [1.165, 1.54) is 80.0 Å². The summed E-state index contributed by atoms with van der Waals surface area (Å²) in [7, 11) is 0. The van der Waals surface area contributed by atoms with Crippen molar-refractivity contribution in [2.45, 2.75) is 90.9 Å². The van der Waals surface area contributed by atoms with Crippen LogP contribution >= 0.6 is 0 Å². The Labute approximate surface area is 322 Å². The number of ether oxygens (including phenoxy) is 4. The maximum atomic E-state index is 11.9. The van der Waals surface area contributed by atoms with Crippen LogP contribution in [-0.4, -0.2) is 61.8 Å². The number of carbonyl (C=O) groups is 2. The molecule has 1 fully saturated rings. The molecule has 54 heavy (non-hydrogen) atoms. The van der Waals surface area contributed by atoms with Gasteiger partial charge in [0.05, 0.1) is 24.4 Å². The van der Waals surface area contributed by atoms with Crippen molar-refractivity contribution in [3.63, 3.8) is 0 Å². The third-order valence-electron chi connectivity index (χ3n) is 10.3. The van der Waals surface area contributed by atoms with E-state index in [9.17, 15) is 9.59 Å². The molecule has 1 aliphatic carbocycles. The predicted octanol–water partition coefficient (Wildman–Crippen LogP) is 9.23. The molecule has 1 aliphatic rings. The zero-order chi connectivity index (χ0) is 38.7. The minimum Gasteiger partial charge on any atom is -0.490 e. The molecule has 0 radical (unpaired) electrons. The highest BCUT2D eigenvalue weighted by molar-refractivity contribution is 5.88. The summed E-state index contributed by atoms with van der Waals surface area (Å²) in [6.45, 7) is 10.6. The second-order valence-corrected chi connectivity index (χ2v) is 14.4. The maximum Gasteiger partial charge on any atom is 0.335 e. The van der Waals surface area contributed by atoms with E-state index in [1.54, 1.807) is 6.07 Å². The number of carbonyl (C=O) groups excluding carboxylic acids is 2. The Balaban J connectivity index is 1.44. The quantitative estimate of drug-likeness (QED) is 0.0563. The molecule has 0 bridgehead atoms. The van der Waals surface area contributed by atoms with Crippen LogP contribution in [0.5, 0.6) is 11.5 Å². The standard InChI is InChI=1S/C46H60O8/c1-5-7-8-10-35-11-13-36(14-12-35)15-16-37-17-19-38(20-18-37)44-22-21-39(27-40(44)9-6-2)41-28-42(51-23-25-53-45(49)33(3)31-47)30-43(29-41)52-24-26-54-46(50)34(4)32-48/h17-22,27-30,35-36,47-48H,3-16,23-26,31-32H2,1-2H3. The maximum absolute atomic E-state index is 11.9. The summed E-state index contributed by atoms with van der Waals surface area (Å²) in [4.78, 5) is 23.8. The first kappa shape index (κ1) is 42.3. The zero-order valence-corrected chi connectivity index (χ0v) is 32.4. The van der Waals surface area contributed by atoms with Crippen LogP contribution in [0.4, 0.5) is 0 Å². The number of aryl methyl sites for hydroxylation is 2. The molecular weight excluding hydrogens is 680 g/mol. The summed E-state index contributed by atoms with van der Waals surface area (Å²) >= 11 is 0. The minimum absolute atomic E-state index is 0.0288. The Hall–Kier alpha value is -4.40. The molecule has 0 amide bonds. The van der Waals surface area contributed by atoms with Gasteiger partial charge in [0.15, 0.2) is 0 Å². The lowest BCUT2D eigenvalue weighted by molar-refractivity contribution is -0.141. The van der Waals surface area contributed by atoms with Crippen LogP contribution in [0.2, 0.25) is 0 Å². The molecule has 0 heterocycles. The van der Waals surface area contributed by atoms with Gasteiger partial charge in [-0.25, -0.2) is 9.59 Å². The molecule has 2 N–H and O–H groups in total. The summed E-state index contributed by atoms with van der Waals surface area (Å²) in [6.07, 6.45) is 15.4. The van der Waals surface area contributed by atoms with E-state index in [0.29, 0.717) is 11.5 Å². The molecular formula is C46H60O8. The van der Waals surface area contributed by atoms with E-state index in [-0.39, 0.29) is 37.6 Å². The van der Waals surface area contributed by atoms with Gasteiger partial charge >= 0.3 is 11.9 Å². The molecule has 0 atom stereocenters. The van der Waals surface area contributed by atoms with Crippen molar-refractivity contribution in [2.75, 3.05) is 39.6 Å². The van der Waals surface area contributed by atoms with Crippen LogP contribution < -0.4 is 9.47 Å². The fourth-order valence-corrected chi connectivity index (χ4v) is 7.07. The van der Waals surface area contributed by atoms with Crippen molar-refractivity contribution in [2.24, 2.45) is 11.8 Å². The Morgan fingerprint density at radius 3 is 1.72 bits per heavy atom.